The first-order valence-electron chi connectivity index (χ1n) is 5.51. The molecule has 0 radical (unpaired) electrons. The number of fused-ring (bicyclic) bond motifs is 3. The Morgan fingerprint density at radius 1 is 1.27 bits per heavy atom. The van der Waals surface area contributed by atoms with Crippen molar-refractivity contribution < 1.29 is 0 Å². The molecule has 1 aliphatic rings. The van der Waals surface area contributed by atoms with Crippen molar-refractivity contribution in [3.63, 3.8) is 0 Å². The molecule has 1 aliphatic carbocycles. The van der Waals surface area contributed by atoms with E-state index in [4.69, 9.17) is 0 Å². The highest BCUT2D eigenvalue weighted by Gasteiger charge is 2.14. The van der Waals surface area contributed by atoms with Gasteiger partial charge in [0.1, 0.15) is 0 Å². The Labute approximate surface area is 94.2 Å². The van der Waals surface area contributed by atoms with Gasteiger partial charge in [0, 0.05) is 9.58 Å². The van der Waals surface area contributed by atoms with Gasteiger partial charge in [0.15, 0.2) is 0 Å². The van der Waals surface area contributed by atoms with Crippen LogP contribution in [0.15, 0.2) is 30.3 Å². The average Bonchev–Trinajstić information content (AvgIpc) is 2.47. The third-order valence-corrected chi connectivity index (χ3v) is 4.27. The van der Waals surface area contributed by atoms with Gasteiger partial charge >= 0.3 is 0 Å². The van der Waals surface area contributed by atoms with Crippen molar-refractivity contribution in [2.75, 3.05) is 0 Å². The summed E-state index contributed by atoms with van der Waals surface area (Å²) in [5, 5.41) is 1.47. The summed E-state index contributed by atoms with van der Waals surface area (Å²) in [6.45, 7) is 2.34. The lowest BCUT2D eigenvalue weighted by atomic mass is 9.98. The first kappa shape index (κ1) is 9.17. The second kappa shape index (κ2) is 3.49. The first-order valence-corrected chi connectivity index (χ1v) is 6.33. The van der Waals surface area contributed by atoms with Crippen LogP contribution in [0.3, 0.4) is 0 Å². The van der Waals surface area contributed by atoms with Crippen LogP contribution in [0.2, 0.25) is 0 Å². The molecule has 0 saturated carbocycles. The topological polar surface area (TPSA) is 0 Å². The zero-order valence-electron chi connectivity index (χ0n) is 8.86. The normalized spacial score (nSPS) is 20.2. The molecule has 0 nitrogen and oxygen atoms in total. The largest absolute Gasteiger partial charge is 0.136 e. The summed E-state index contributed by atoms with van der Waals surface area (Å²) in [7, 11) is 0. The van der Waals surface area contributed by atoms with E-state index in [0.29, 0.717) is 0 Å². The second-order valence-corrected chi connectivity index (χ2v) is 5.47. The fourth-order valence-electron chi connectivity index (χ4n) is 2.30. The molecule has 0 bridgehead atoms. The SMILES string of the molecule is CC1CC=Cc2sc3ccccc3c2C1. The molecule has 1 aromatic carbocycles. The molecule has 1 unspecified atom stereocenters. The summed E-state index contributed by atoms with van der Waals surface area (Å²) in [6, 6.07) is 8.77. The number of benzene rings is 1. The van der Waals surface area contributed by atoms with Gasteiger partial charge in [-0.05, 0) is 41.9 Å². The monoisotopic (exact) mass is 214 g/mol. The highest BCUT2D eigenvalue weighted by Crippen LogP contribution is 2.36. The van der Waals surface area contributed by atoms with Crippen LogP contribution < -0.4 is 0 Å². The fourth-order valence-corrected chi connectivity index (χ4v) is 3.47. The molecule has 1 aromatic heterocycles. The van der Waals surface area contributed by atoms with E-state index in [0.717, 1.165) is 5.92 Å². The molecule has 0 saturated heterocycles. The molecule has 2 aromatic rings. The van der Waals surface area contributed by atoms with Gasteiger partial charge < -0.3 is 0 Å². The van der Waals surface area contributed by atoms with Crippen LogP contribution in [0.1, 0.15) is 23.8 Å². The van der Waals surface area contributed by atoms with E-state index < -0.39 is 0 Å². The summed E-state index contributed by atoms with van der Waals surface area (Å²) in [6.07, 6.45) is 7.08. The molecule has 76 valence electrons. The fraction of sp³-hybridized carbons (Fsp3) is 0.286. The van der Waals surface area contributed by atoms with Crippen molar-refractivity contribution in [3.05, 3.63) is 40.8 Å². The maximum absolute atomic E-state index is 2.34. The van der Waals surface area contributed by atoms with Gasteiger partial charge in [-0.2, -0.15) is 0 Å². The van der Waals surface area contributed by atoms with Gasteiger partial charge in [0.05, 0.1) is 0 Å². The van der Waals surface area contributed by atoms with Crippen LogP contribution in [0, 0.1) is 5.92 Å². The second-order valence-electron chi connectivity index (χ2n) is 4.39. The van der Waals surface area contributed by atoms with Gasteiger partial charge in [-0.15, -0.1) is 11.3 Å². The number of rotatable bonds is 0. The number of hydrogen-bond acceptors (Lipinski definition) is 1. The quantitative estimate of drug-likeness (QED) is 0.606. The minimum absolute atomic E-state index is 0.778. The molecule has 3 rings (SSSR count). The van der Waals surface area contributed by atoms with Crippen LogP contribution in [0.25, 0.3) is 16.2 Å². The summed E-state index contributed by atoms with van der Waals surface area (Å²) in [4.78, 5) is 1.47. The van der Waals surface area contributed by atoms with Gasteiger partial charge in [-0.3, -0.25) is 0 Å². The molecule has 0 spiro atoms. The Hall–Kier alpha value is -1.08. The molecule has 0 amide bonds. The van der Waals surface area contributed by atoms with E-state index in [-0.39, 0.29) is 0 Å². The average molecular weight is 214 g/mol. The lowest BCUT2D eigenvalue weighted by molar-refractivity contribution is 0.597. The van der Waals surface area contributed by atoms with Crippen molar-refractivity contribution in [3.8, 4) is 0 Å². The van der Waals surface area contributed by atoms with Crippen molar-refractivity contribution in [1.82, 2.24) is 0 Å². The maximum Gasteiger partial charge on any atom is 0.0352 e. The van der Waals surface area contributed by atoms with Crippen LogP contribution in [0.5, 0.6) is 0 Å². The lowest BCUT2D eigenvalue weighted by Crippen LogP contribution is -1.96. The Bertz CT molecular complexity index is 519. The summed E-state index contributed by atoms with van der Waals surface area (Å²) in [5.41, 5.74) is 1.57. The summed E-state index contributed by atoms with van der Waals surface area (Å²) >= 11 is 1.93. The molecule has 0 N–H and O–H groups in total. The van der Waals surface area contributed by atoms with Gasteiger partial charge in [0.25, 0.3) is 0 Å². The van der Waals surface area contributed by atoms with Crippen LogP contribution in [-0.4, -0.2) is 0 Å². The molecule has 0 aliphatic heterocycles. The molecule has 0 fully saturated rings. The third-order valence-electron chi connectivity index (χ3n) is 3.09. The van der Waals surface area contributed by atoms with E-state index in [1.54, 1.807) is 5.56 Å². The third kappa shape index (κ3) is 1.51. The van der Waals surface area contributed by atoms with Crippen molar-refractivity contribution >= 4 is 27.5 Å². The Balaban J connectivity index is 2.27. The van der Waals surface area contributed by atoms with Crippen molar-refractivity contribution in [1.29, 1.82) is 0 Å². The lowest BCUT2D eigenvalue weighted by Gasteiger charge is -2.06. The first-order chi connectivity index (χ1) is 7.34. The van der Waals surface area contributed by atoms with Crippen LogP contribution in [-0.2, 0) is 6.42 Å². The zero-order chi connectivity index (χ0) is 10.3. The van der Waals surface area contributed by atoms with E-state index in [9.17, 15) is 0 Å². The van der Waals surface area contributed by atoms with E-state index in [1.807, 2.05) is 11.3 Å². The number of allylic oxidation sites excluding steroid dienone is 1. The maximum atomic E-state index is 2.34. The van der Waals surface area contributed by atoms with Crippen molar-refractivity contribution in [2.24, 2.45) is 5.92 Å². The zero-order valence-corrected chi connectivity index (χ0v) is 9.68. The van der Waals surface area contributed by atoms with Crippen LogP contribution >= 0.6 is 11.3 Å². The molecule has 15 heavy (non-hydrogen) atoms. The van der Waals surface area contributed by atoms with E-state index in [2.05, 4.69) is 43.3 Å². The highest BCUT2D eigenvalue weighted by molar-refractivity contribution is 7.20. The van der Waals surface area contributed by atoms with E-state index in [1.165, 1.54) is 27.8 Å². The summed E-state index contributed by atoms with van der Waals surface area (Å²) < 4.78 is 1.43. The Morgan fingerprint density at radius 2 is 2.13 bits per heavy atom. The Kier molecular flexibility index (Phi) is 2.14. The Morgan fingerprint density at radius 3 is 3.07 bits per heavy atom. The smallest absolute Gasteiger partial charge is 0.0352 e. The standard InChI is InChI=1S/C14H14S/c1-10-5-4-8-14-12(9-10)11-6-2-3-7-13(11)15-14/h2-4,6-8,10H,5,9H2,1H3. The van der Waals surface area contributed by atoms with Crippen LogP contribution in [0.4, 0.5) is 0 Å². The highest BCUT2D eigenvalue weighted by atomic mass is 32.1. The summed E-state index contributed by atoms with van der Waals surface area (Å²) in [5.74, 6) is 0.778. The minimum Gasteiger partial charge on any atom is -0.136 e. The minimum atomic E-state index is 0.778. The predicted octanol–water partition coefficient (Wildman–Crippen LogP) is 4.50. The molecule has 1 heterocycles. The molecule has 1 atom stereocenters. The van der Waals surface area contributed by atoms with Gasteiger partial charge in [0.2, 0.25) is 0 Å². The number of hydrogen-bond donors (Lipinski definition) is 0. The molecular weight excluding hydrogens is 200 g/mol. The molecular formula is C14H14S. The molecule has 1 heteroatoms. The van der Waals surface area contributed by atoms with Gasteiger partial charge in [-0.25, -0.2) is 0 Å². The number of thiophene rings is 1. The van der Waals surface area contributed by atoms with E-state index >= 15 is 0 Å². The predicted molar refractivity (Wildman–Crippen MR) is 68.3 cm³/mol. The van der Waals surface area contributed by atoms with Gasteiger partial charge in [-0.1, -0.05) is 31.2 Å². The van der Waals surface area contributed by atoms with Crippen molar-refractivity contribution in [2.45, 2.75) is 19.8 Å².